The number of hydrogen-bond donors (Lipinski definition) is 1. The molecule has 1 saturated heterocycles. The fraction of sp³-hybridized carbons (Fsp3) is 0.615. The smallest absolute Gasteiger partial charge is 0.287 e. The third-order valence-electron chi connectivity index (χ3n) is 3.30. The minimum atomic E-state index is -0.258. The Morgan fingerprint density at radius 3 is 3.10 bits per heavy atom. The summed E-state index contributed by atoms with van der Waals surface area (Å²) in [5.74, 6) is 0.0308. The SMILES string of the molecule is COCCN1CC(CNC(=O)c2nccn2C)OCC1=O. The summed E-state index contributed by atoms with van der Waals surface area (Å²) < 4.78 is 12.0. The lowest BCUT2D eigenvalue weighted by molar-refractivity contribution is -0.149. The fourth-order valence-electron chi connectivity index (χ4n) is 2.09. The maximum Gasteiger partial charge on any atom is 0.287 e. The number of aryl methyl sites for hydroxylation is 1. The van der Waals surface area contributed by atoms with E-state index in [0.717, 1.165) is 0 Å². The van der Waals surface area contributed by atoms with Gasteiger partial charge in [-0.3, -0.25) is 9.59 Å². The van der Waals surface area contributed by atoms with E-state index in [1.54, 1.807) is 36.0 Å². The van der Waals surface area contributed by atoms with Gasteiger partial charge in [0.05, 0.1) is 12.7 Å². The molecule has 1 aromatic heterocycles. The first-order chi connectivity index (χ1) is 10.1. The standard InChI is InChI=1S/C13H20N4O4/c1-16-4-3-14-12(16)13(19)15-7-10-8-17(5-6-20-2)11(18)9-21-10/h3-4,10H,5-9H2,1-2H3,(H,15,19). The second-order valence-electron chi connectivity index (χ2n) is 4.84. The number of imidazole rings is 1. The third-order valence-corrected chi connectivity index (χ3v) is 3.30. The predicted octanol–water partition coefficient (Wildman–Crippen LogP) is -0.976. The van der Waals surface area contributed by atoms with E-state index in [2.05, 4.69) is 10.3 Å². The van der Waals surface area contributed by atoms with Gasteiger partial charge in [-0.25, -0.2) is 4.98 Å². The lowest BCUT2D eigenvalue weighted by atomic mass is 10.2. The average molecular weight is 296 g/mol. The van der Waals surface area contributed by atoms with E-state index in [1.807, 2.05) is 0 Å². The van der Waals surface area contributed by atoms with Crippen molar-refractivity contribution in [2.45, 2.75) is 6.10 Å². The minimum absolute atomic E-state index is 0.0344. The molecule has 21 heavy (non-hydrogen) atoms. The van der Waals surface area contributed by atoms with E-state index in [0.29, 0.717) is 32.1 Å². The number of rotatable bonds is 6. The molecule has 1 atom stereocenters. The van der Waals surface area contributed by atoms with Crippen LogP contribution in [0.2, 0.25) is 0 Å². The van der Waals surface area contributed by atoms with Crippen LogP contribution >= 0.6 is 0 Å². The zero-order valence-electron chi connectivity index (χ0n) is 12.2. The van der Waals surface area contributed by atoms with Crippen LogP contribution in [-0.2, 0) is 21.3 Å². The molecule has 2 rings (SSSR count). The van der Waals surface area contributed by atoms with Gasteiger partial charge in [0.1, 0.15) is 6.61 Å². The second kappa shape index (κ2) is 7.19. The van der Waals surface area contributed by atoms with Crippen LogP contribution in [0.25, 0.3) is 0 Å². The third kappa shape index (κ3) is 4.02. The van der Waals surface area contributed by atoms with Gasteiger partial charge in [0.15, 0.2) is 5.82 Å². The molecule has 0 radical (unpaired) electrons. The Labute approximate surface area is 123 Å². The Kier molecular flexibility index (Phi) is 5.29. The molecule has 1 aliphatic heterocycles. The Balaban J connectivity index is 1.82. The summed E-state index contributed by atoms with van der Waals surface area (Å²) >= 11 is 0. The summed E-state index contributed by atoms with van der Waals surface area (Å²) in [6.07, 6.45) is 3.05. The molecule has 1 N–H and O–H groups in total. The summed E-state index contributed by atoms with van der Waals surface area (Å²) in [7, 11) is 3.35. The molecule has 1 fully saturated rings. The Bertz CT molecular complexity index is 502. The number of amides is 2. The zero-order valence-corrected chi connectivity index (χ0v) is 12.2. The van der Waals surface area contributed by atoms with Gasteiger partial charge in [-0.2, -0.15) is 0 Å². The molecule has 1 aromatic rings. The van der Waals surface area contributed by atoms with Crippen LogP contribution in [-0.4, -0.2) is 72.3 Å². The number of aromatic nitrogens is 2. The van der Waals surface area contributed by atoms with Crippen LogP contribution in [0.5, 0.6) is 0 Å². The van der Waals surface area contributed by atoms with Gasteiger partial charge < -0.3 is 24.3 Å². The number of morpholine rings is 1. The van der Waals surface area contributed by atoms with Gasteiger partial charge in [0, 0.05) is 46.2 Å². The molecule has 2 heterocycles. The molecule has 2 amide bonds. The molecule has 0 aromatic carbocycles. The Morgan fingerprint density at radius 2 is 2.43 bits per heavy atom. The van der Waals surface area contributed by atoms with Gasteiger partial charge in [-0.1, -0.05) is 0 Å². The van der Waals surface area contributed by atoms with E-state index in [4.69, 9.17) is 9.47 Å². The van der Waals surface area contributed by atoms with Crippen molar-refractivity contribution in [3.8, 4) is 0 Å². The van der Waals surface area contributed by atoms with Gasteiger partial charge in [-0.15, -0.1) is 0 Å². The van der Waals surface area contributed by atoms with Crippen molar-refractivity contribution in [2.24, 2.45) is 7.05 Å². The van der Waals surface area contributed by atoms with Crippen molar-refractivity contribution in [3.63, 3.8) is 0 Å². The number of nitrogens with one attached hydrogen (secondary N) is 1. The monoisotopic (exact) mass is 296 g/mol. The molecule has 1 unspecified atom stereocenters. The van der Waals surface area contributed by atoms with Crippen molar-refractivity contribution in [1.29, 1.82) is 0 Å². The topological polar surface area (TPSA) is 85.7 Å². The highest BCUT2D eigenvalue weighted by molar-refractivity contribution is 5.90. The van der Waals surface area contributed by atoms with E-state index in [9.17, 15) is 9.59 Å². The molecular weight excluding hydrogens is 276 g/mol. The molecule has 0 aliphatic carbocycles. The number of ether oxygens (including phenoxy) is 2. The van der Waals surface area contributed by atoms with Gasteiger partial charge in [0.25, 0.3) is 5.91 Å². The predicted molar refractivity (Wildman–Crippen MR) is 73.7 cm³/mol. The van der Waals surface area contributed by atoms with Gasteiger partial charge >= 0.3 is 0 Å². The highest BCUT2D eigenvalue weighted by Gasteiger charge is 2.26. The molecule has 116 valence electrons. The first-order valence-corrected chi connectivity index (χ1v) is 6.75. The van der Waals surface area contributed by atoms with Gasteiger partial charge in [-0.05, 0) is 0 Å². The molecule has 1 aliphatic rings. The van der Waals surface area contributed by atoms with Crippen LogP contribution < -0.4 is 5.32 Å². The van der Waals surface area contributed by atoms with Crippen LogP contribution in [0.3, 0.4) is 0 Å². The van der Waals surface area contributed by atoms with Crippen molar-refractivity contribution in [3.05, 3.63) is 18.2 Å². The molecule has 8 nitrogen and oxygen atoms in total. The number of nitrogens with zero attached hydrogens (tertiary/aromatic N) is 3. The van der Waals surface area contributed by atoms with E-state index in [1.165, 1.54) is 0 Å². The fourth-order valence-corrected chi connectivity index (χ4v) is 2.09. The summed E-state index contributed by atoms with van der Waals surface area (Å²) in [5.41, 5.74) is 0. The number of methoxy groups -OCH3 is 1. The molecule has 8 heteroatoms. The largest absolute Gasteiger partial charge is 0.383 e. The quantitative estimate of drug-likeness (QED) is 0.729. The molecule has 0 spiro atoms. The molecular formula is C13H20N4O4. The first kappa shape index (κ1) is 15.5. The summed E-state index contributed by atoms with van der Waals surface area (Å²) in [6, 6.07) is 0. The van der Waals surface area contributed by atoms with E-state index < -0.39 is 0 Å². The van der Waals surface area contributed by atoms with Crippen molar-refractivity contribution in [1.82, 2.24) is 19.8 Å². The van der Waals surface area contributed by atoms with E-state index >= 15 is 0 Å². The lowest BCUT2D eigenvalue weighted by Crippen LogP contribution is -2.51. The Morgan fingerprint density at radius 1 is 1.62 bits per heavy atom. The Hall–Kier alpha value is -1.93. The molecule has 0 bridgehead atoms. The van der Waals surface area contributed by atoms with Crippen LogP contribution in [0.15, 0.2) is 12.4 Å². The zero-order chi connectivity index (χ0) is 15.2. The van der Waals surface area contributed by atoms with Crippen molar-refractivity contribution < 1.29 is 19.1 Å². The van der Waals surface area contributed by atoms with Crippen molar-refractivity contribution in [2.75, 3.05) is 40.0 Å². The van der Waals surface area contributed by atoms with E-state index in [-0.39, 0.29) is 24.5 Å². The minimum Gasteiger partial charge on any atom is -0.383 e. The first-order valence-electron chi connectivity index (χ1n) is 6.75. The number of carbonyl (C=O) groups is 2. The highest BCUT2D eigenvalue weighted by Crippen LogP contribution is 2.06. The van der Waals surface area contributed by atoms with Gasteiger partial charge in [0.2, 0.25) is 5.91 Å². The van der Waals surface area contributed by atoms with Crippen molar-refractivity contribution >= 4 is 11.8 Å². The van der Waals surface area contributed by atoms with Crippen LogP contribution in [0.1, 0.15) is 10.6 Å². The highest BCUT2D eigenvalue weighted by atomic mass is 16.5. The summed E-state index contributed by atoms with van der Waals surface area (Å²) in [4.78, 5) is 29.3. The normalized spacial score (nSPS) is 18.9. The maximum atomic E-state index is 11.9. The molecule has 0 saturated carbocycles. The summed E-state index contributed by atoms with van der Waals surface area (Å²) in [6.45, 7) is 1.83. The second-order valence-corrected chi connectivity index (χ2v) is 4.84. The summed E-state index contributed by atoms with van der Waals surface area (Å²) in [5, 5.41) is 2.77. The van der Waals surface area contributed by atoms with Crippen LogP contribution in [0, 0.1) is 0 Å². The number of carbonyl (C=O) groups excluding carboxylic acids is 2. The average Bonchev–Trinajstić information content (AvgIpc) is 2.91. The lowest BCUT2D eigenvalue weighted by Gasteiger charge is -2.32. The number of hydrogen-bond acceptors (Lipinski definition) is 5. The maximum absolute atomic E-state index is 11.9. The van der Waals surface area contributed by atoms with Crippen LogP contribution in [0.4, 0.5) is 0 Å².